The van der Waals surface area contributed by atoms with Crippen LogP contribution in [0.2, 0.25) is 0 Å². The molecule has 0 aliphatic carbocycles. The maximum absolute atomic E-state index is 5.52. The van der Waals surface area contributed by atoms with E-state index < -0.39 is 0 Å². The number of nitrogens with two attached hydrogens (primary N) is 1. The van der Waals surface area contributed by atoms with Gasteiger partial charge in [-0.25, -0.2) is 0 Å². The Morgan fingerprint density at radius 3 is 2.53 bits per heavy atom. The molecule has 0 amide bonds. The fourth-order valence-corrected chi connectivity index (χ4v) is 1.97. The molecule has 0 atom stereocenters. The van der Waals surface area contributed by atoms with Crippen LogP contribution < -0.4 is 10.5 Å². The molecule has 0 bridgehead atoms. The van der Waals surface area contributed by atoms with Crippen molar-refractivity contribution in [3.8, 4) is 5.75 Å². The highest BCUT2D eigenvalue weighted by Crippen LogP contribution is 2.23. The van der Waals surface area contributed by atoms with Crippen molar-refractivity contribution in [1.29, 1.82) is 0 Å². The van der Waals surface area contributed by atoms with Gasteiger partial charge in [0.15, 0.2) is 0 Å². The molecule has 0 unspecified atom stereocenters. The minimum absolute atomic E-state index is 0.755. The van der Waals surface area contributed by atoms with E-state index in [2.05, 4.69) is 37.9 Å². The number of hydrogen-bond acceptors (Lipinski definition) is 3. The Morgan fingerprint density at radius 1 is 1.24 bits per heavy atom. The molecule has 0 radical (unpaired) electrons. The molecular weight excluding hydrogens is 212 g/mol. The zero-order valence-electron chi connectivity index (χ0n) is 11.4. The van der Waals surface area contributed by atoms with Crippen molar-refractivity contribution in [2.24, 2.45) is 5.73 Å². The highest BCUT2D eigenvalue weighted by Gasteiger charge is 2.07. The lowest BCUT2D eigenvalue weighted by Gasteiger charge is -2.19. The maximum Gasteiger partial charge on any atom is 0.122 e. The Hall–Kier alpha value is -1.06. The third-order valence-electron chi connectivity index (χ3n) is 3.04. The second kappa shape index (κ2) is 6.62. The first-order chi connectivity index (χ1) is 8.08. The van der Waals surface area contributed by atoms with E-state index in [0.29, 0.717) is 0 Å². The Balaban J connectivity index is 2.74. The SMILES string of the molecule is COc1cc(C)c(CN(C)CCCN)cc1C. The summed E-state index contributed by atoms with van der Waals surface area (Å²) in [6.45, 7) is 6.98. The Kier molecular flexibility index (Phi) is 5.45. The van der Waals surface area contributed by atoms with Crippen molar-refractivity contribution < 1.29 is 4.74 Å². The molecule has 0 saturated heterocycles. The van der Waals surface area contributed by atoms with Crippen molar-refractivity contribution in [2.45, 2.75) is 26.8 Å². The van der Waals surface area contributed by atoms with Crippen LogP contribution in [0.3, 0.4) is 0 Å². The molecule has 1 rings (SSSR count). The molecule has 0 spiro atoms. The maximum atomic E-state index is 5.52. The third kappa shape index (κ3) is 4.02. The summed E-state index contributed by atoms with van der Waals surface area (Å²) < 4.78 is 5.32. The zero-order valence-corrected chi connectivity index (χ0v) is 11.4. The van der Waals surface area contributed by atoms with Gasteiger partial charge in [0, 0.05) is 6.54 Å². The van der Waals surface area contributed by atoms with E-state index in [1.165, 1.54) is 16.7 Å². The van der Waals surface area contributed by atoms with Crippen molar-refractivity contribution in [3.05, 3.63) is 28.8 Å². The standard InChI is InChI=1S/C14H24N2O/c1-11-9-14(17-4)12(2)8-13(11)10-16(3)7-5-6-15/h8-9H,5-7,10,15H2,1-4H3. The first kappa shape index (κ1) is 14.0. The summed E-state index contributed by atoms with van der Waals surface area (Å²) in [5.74, 6) is 0.968. The topological polar surface area (TPSA) is 38.5 Å². The average Bonchev–Trinajstić information content (AvgIpc) is 2.30. The number of methoxy groups -OCH3 is 1. The van der Waals surface area contributed by atoms with Crippen LogP contribution in [-0.2, 0) is 6.54 Å². The lowest BCUT2D eigenvalue weighted by molar-refractivity contribution is 0.323. The molecule has 96 valence electrons. The lowest BCUT2D eigenvalue weighted by Crippen LogP contribution is -2.21. The van der Waals surface area contributed by atoms with Crippen LogP contribution in [0.25, 0.3) is 0 Å². The predicted molar refractivity (Wildman–Crippen MR) is 72.5 cm³/mol. The van der Waals surface area contributed by atoms with Crippen LogP contribution in [0.15, 0.2) is 12.1 Å². The number of benzene rings is 1. The molecule has 17 heavy (non-hydrogen) atoms. The van der Waals surface area contributed by atoms with Gasteiger partial charge in [0.2, 0.25) is 0 Å². The van der Waals surface area contributed by atoms with E-state index in [4.69, 9.17) is 10.5 Å². The molecular formula is C14H24N2O. The summed E-state index contributed by atoms with van der Waals surface area (Å²) in [7, 11) is 3.85. The normalized spacial score (nSPS) is 10.9. The van der Waals surface area contributed by atoms with Gasteiger partial charge < -0.3 is 15.4 Å². The summed E-state index contributed by atoms with van der Waals surface area (Å²) in [6, 6.07) is 4.33. The highest BCUT2D eigenvalue weighted by atomic mass is 16.5. The molecule has 0 saturated carbocycles. The Bertz CT molecular complexity index is 363. The van der Waals surface area contributed by atoms with Gasteiger partial charge in [0.1, 0.15) is 5.75 Å². The number of nitrogens with zero attached hydrogens (tertiary/aromatic N) is 1. The number of ether oxygens (including phenoxy) is 1. The average molecular weight is 236 g/mol. The van der Waals surface area contributed by atoms with Crippen LogP contribution in [0.5, 0.6) is 5.75 Å². The van der Waals surface area contributed by atoms with Gasteiger partial charge in [0.25, 0.3) is 0 Å². The van der Waals surface area contributed by atoms with E-state index >= 15 is 0 Å². The van der Waals surface area contributed by atoms with Crippen LogP contribution in [0, 0.1) is 13.8 Å². The van der Waals surface area contributed by atoms with Crippen molar-refractivity contribution in [1.82, 2.24) is 4.90 Å². The predicted octanol–water partition coefficient (Wildman–Crippen LogP) is 2.09. The fraction of sp³-hybridized carbons (Fsp3) is 0.571. The molecule has 0 heterocycles. The van der Waals surface area contributed by atoms with E-state index in [0.717, 1.165) is 31.8 Å². The summed E-state index contributed by atoms with van der Waals surface area (Å²) in [5, 5.41) is 0. The van der Waals surface area contributed by atoms with Crippen molar-refractivity contribution >= 4 is 0 Å². The molecule has 1 aromatic rings. The monoisotopic (exact) mass is 236 g/mol. The van der Waals surface area contributed by atoms with Crippen LogP contribution in [0.4, 0.5) is 0 Å². The van der Waals surface area contributed by atoms with E-state index in [9.17, 15) is 0 Å². The molecule has 1 aromatic carbocycles. The second-order valence-corrected chi connectivity index (χ2v) is 4.63. The van der Waals surface area contributed by atoms with Gasteiger partial charge >= 0.3 is 0 Å². The van der Waals surface area contributed by atoms with E-state index in [-0.39, 0.29) is 0 Å². The number of hydrogen-bond donors (Lipinski definition) is 1. The lowest BCUT2D eigenvalue weighted by atomic mass is 10.0. The Labute approximate surface area is 105 Å². The summed E-state index contributed by atoms with van der Waals surface area (Å²) in [4.78, 5) is 2.31. The minimum Gasteiger partial charge on any atom is -0.496 e. The number of aryl methyl sites for hydroxylation is 2. The van der Waals surface area contributed by atoms with Crippen LogP contribution >= 0.6 is 0 Å². The summed E-state index contributed by atoms with van der Waals surface area (Å²) in [6.07, 6.45) is 1.05. The Morgan fingerprint density at radius 2 is 1.94 bits per heavy atom. The molecule has 0 aliphatic heterocycles. The van der Waals surface area contributed by atoms with Crippen molar-refractivity contribution in [3.63, 3.8) is 0 Å². The third-order valence-corrected chi connectivity index (χ3v) is 3.04. The fourth-order valence-electron chi connectivity index (χ4n) is 1.97. The zero-order chi connectivity index (χ0) is 12.8. The smallest absolute Gasteiger partial charge is 0.122 e. The van der Waals surface area contributed by atoms with Crippen molar-refractivity contribution in [2.75, 3.05) is 27.2 Å². The molecule has 3 nitrogen and oxygen atoms in total. The summed E-state index contributed by atoms with van der Waals surface area (Å²) >= 11 is 0. The molecule has 3 heteroatoms. The van der Waals surface area contributed by atoms with Gasteiger partial charge in [-0.3, -0.25) is 0 Å². The van der Waals surface area contributed by atoms with Gasteiger partial charge in [0.05, 0.1) is 7.11 Å². The minimum atomic E-state index is 0.755. The van der Waals surface area contributed by atoms with Gasteiger partial charge in [-0.1, -0.05) is 6.07 Å². The van der Waals surface area contributed by atoms with Gasteiger partial charge in [-0.15, -0.1) is 0 Å². The first-order valence-electron chi connectivity index (χ1n) is 6.11. The highest BCUT2D eigenvalue weighted by molar-refractivity contribution is 5.41. The molecule has 0 fully saturated rings. The summed E-state index contributed by atoms with van der Waals surface area (Å²) in [5.41, 5.74) is 9.36. The van der Waals surface area contributed by atoms with Gasteiger partial charge in [-0.05, 0) is 63.2 Å². The first-order valence-corrected chi connectivity index (χ1v) is 6.11. The van der Waals surface area contributed by atoms with E-state index in [1.807, 2.05) is 0 Å². The van der Waals surface area contributed by atoms with Crippen LogP contribution in [0.1, 0.15) is 23.1 Å². The van der Waals surface area contributed by atoms with Gasteiger partial charge in [-0.2, -0.15) is 0 Å². The molecule has 2 N–H and O–H groups in total. The van der Waals surface area contributed by atoms with Crippen LogP contribution in [-0.4, -0.2) is 32.1 Å². The van der Waals surface area contributed by atoms with E-state index in [1.54, 1.807) is 7.11 Å². The molecule has 0 aliphatic rings. The quantitative estimate of drug-likeness (QED) is 0.822. The molecule has 0 aromatic heterocycles. The number of rotatable bonds is 6. The largest absolute Gasteiger partial charge is 0.496 e. The second-order valence-electron chi connectivity index (χ2n) is 4.63.